The van der Waals surface area contributed by atoms with Gasteiger partial charge in [0, 0.05) is 25.7 Å². The third-order valence-corrected chi connectivity index (χ3v) is 4.64. The van der Waals surface area contributed by atoms with Crippen LogP contribution in [0.4, 0.5) is 0 Å². The van der Waals surface area contributed by atoms with Crippen LogP contribution < -0.4 is 0 Å². The van der Waals surface area contributed by atoms with Crippen molar-refractivity contribution in [1.29, 1.82) is 0 Å². The molecule has 0 aliphatic heterocycles. The fourth-order valence-corrected chi connectivity index (χ4v) is 3.15. The number of aromatic nitrogens is 1. The SMILES string of the molecule is CCN(CCc1ccccc1)C(=O)Cc1[nH]c(C(C)=O)c(C)c1C(=O)OC. The number of esters is 1. The Hall–Kier alpha value is -2.89. The minimum absolute atomic E-state index is 0.0151. The average molecular weight is 370 g/mol. The topological polar surface area (TPSA) is 79.5 Å². The summed E-state index contributed by atoms with van der Waals surface area (Å²) in [5.74, 6) is -0.839. The van der Waals surface area contributed by atoms with E-state index >= 15 is 0 Å². The van der Waals surface area contributed by atoms with Crippen molar-refractivity contribution in [3.8, 4) is 0 Å². The number of H-pyrrole nitrogens is 1. The Balaban J connectivity index is 2.18. The molecule has 144 valence electrons. The van der Waals surface area contributed by atoms with Gasteiger partial charge in [-0.15, -0.1) is 0 Å². The van der Waals surface area contributed by atoms with E-state index in [0.29, 0.717) is 30.0 Å². The molecule has 0 atom stereocenters. The maximum Gasteiger partial charge on any atom is 0.339 e. The number of benzene rings is 1. The van der Waals surface area contributed by atoms with E-state index in [9.17, 15) is 14.4 Å². The van der Waals surface area contributed by atoms with Crippen LogP contribution in [-0.4, -0.2) is 47.7 Å². The second-order valence-corrected chi connectivity index (χ2v) is 6.41. The summed E-state index contributed by atoms with van der Waals surface area (Å²) in [7, 11) is 1.28. The van der Waals surface area contributed by atoms with Crippen molar-refractivity contribution in [2.45, 2.75) is 33.6 Å². The number of ether oxygens (including phenoxy) is 1. The van der Waals surface area contributed by atoms with Crippen LogP contribution >= 0.6 is 0 Å². The number of nitrogens with one attached hydrogen (secondary N) is 1. The number of carbonyl (C=O) groups excluding carboxylic acids is 3. The number of carbonyl (C=O) groups is 3. The maximum atomic E-state index is 12.8. The predicted octanol–water partition coefficient (Wildman–Crippen LogP) is 2.95. The predicted molar refractivity (Wildman–Crippen MR) is 103 cm³/mol. The smallest absolute Gasteiger partial charge is 0.339 e. The van der Waals surface area contributed by atoms with Crippen LogP contribution in [0.1, 0.15) is 51.5 Å². The number of methoxy groups -OCH3 is 1. The summed E-state index contributed by atoms with van der Waals surface area (Å²) < 4.78 is 4.83. The van der Waals surface area contributed by atoms with Gasteiger partial charge in [0.05, 0.1) is 24.8 Å². The van der Waals surface area contributed by atoms with Gasteiger partial charge in [0.25, 0.3) is 0 Å². The van der Waals surface area contributed by atoms with E-state index in [2.05, 4.69) is 4.98 Å². The first-order valence-electron chi connectivity index (χ1n) is 9.01. The van der Waals surface area contributed by atoms with Crippen molar-refractivity contribution in [2.75, 3.05) is 20.2 Å². The van der Waals surface area contributed by atoms with Crippen LogP contribution in [-0.2, 0) is 22.4 Å². The molecule has 1 aromatic heterocycles. The van der Waals surface area contributed by atoms with E-state index in [4.69, 9.17) is 4.74 Å². The molecule has 0 aliphatic rings. The van der Waals surface area contributed by atoms with Crippen LogP contribution in [0, 0.1) is 6.92 Å². The van der Waals surface area contributed by atoms with E-state index in [1.807, 2.05) is 37.3 Å². The Morgan fingerprint density at radius 2 is 1.81 bits per heavy atom. The molecule has 0 bridgehead atoms. The van der Waals surface area contributed by atoms with Crippen LogP contribution in [0.3, 0.4) is 0 Å². The normalized spacial score (nSPS) is 10.5. The third kappa shape index (κ3) is 4.84. The number of Topliss-reactive ketones (excluding diaryl/α,β-unsaturated/α-hetero) is 1. The Morgan fingerprint density at radius 1 is 1.15 bits per heavy atom. The van der Waals surface area contributed by atoms with Crippen LogP contribution in [0.25, 0.3) is 0 Å². The largest absolute Gasteiger partial charge is 0.465 e. The molecule has 2 rings (SSSR count). The molecule has 0 aliphatic carbocycles. The lowest BCUT2D eigenvalue weighted by Gasteiger charge is -2.21. The summed E-state index contributed by atoms with van der Waals surface area (Å²) in [6.45, 7) is 6.18. The van der Waals surface area contributed by atoms with Gasteiger partial charge in [-0.1, -0.05) is 30.3 Å². The van der Waals surface area contributed by atoms with E-state index in [-0.39, 0.29) is 23.7 Å². The standard InChI is InChI=1S/C21H26N2O4/c1-5-23(12-11-16-9-7-6-8-10-16)18(25)13-17-19(21(26)27-4)14(2)20(22-17)15(3)24/h6-10,22H,5,11-13H2,1-4H3. The molecule has 0 spiro atoms. The molecule has 0 saturated carbocycles. The molecule has 0 radical (unpaired) electrons. The second kappa shape index (κ2) is 9.16. The van der Waals surface area contributed by atoms with Crippen molar-refractivity contribution in [3.63, 3.8) is 0 Å². The van der Waals surface area contributed by atoms with Gasteiger partial charge < -0.3 is 14.6 Å². The molecular weight excluding hydrogens is 344 g/mol. The lowest BCUT2D eigenvalue weighted by molar-refractivity contribution is -0.130. The number of rotatable bonds is 8. The summed E-state index contributed by atoms with van der Waals surface area (Å²) >= 11 is 0. The highest BCUT2D eigenvalue weighted by Crippen LogP contribution is 2.21. The summed E-state index contributed by atoms with van der Waals surface area (Å²) in [5, 5.41) is 0. The number of amides is 1. The molecule has 1 heterocycles. The van der Waals surface area contributed by atoms with Gasteiger partial charge >= 0.3 is 5.97 Å². The first-order chi connectivity index (χ1) is 12.9. The molecule has 1 N–H and O–H groups in total. The number of ketones is 1. The quantitative estimate of drug-likeness (QED) is 0.572. The molecule has 1 aromatic carbocycles. The minimum atomic E-state index is -0.550. The highest BCUT2D eigenvalue weighted by molar-refractivity contribution is 6.01. The van der Waals surface area contributed by atoms with Crippen molar-refractivity contribution >= 4 is 17.7 Å². The highest BCUT2D eigenvalue weighted by Gasteiger charge is 2.25. The van der Waals surface area contributed by atoms with E-state index in [1.54, 1.807) is 11.8 Å². The molecule has 1 amide bonds. The van der Waals surface area contributed by atoms with Gasteiger partial charge in [0.1, 0.15) is 0 Å². The number of hydrogen-bond donors (Lipinski definition) is 1. The number of likely N-dealkylation sites (N-methyl/N-ethyl adjacent to an activating group) is 1. The van der Waals surface area contributed by atoms with Crippen molar-refractivity contribution in [3.05, 3.63) is 58.4 Å². The molecule has 0 fully saturated rings. The van der Waals surface area contributed by atoms with Crippen LogP contribution in [0.15, 0.2) is 30.3 Å². The first kappa shape index (κ1) is 20.4. The fourth-order valence-electron chi connectivity index (χ4n) is 3.15. The second-order valence-electron chi connectivity index (χ2n) is 6.41. The highest BCUT2D eigenvalue weighted by atomic mass is 16.5. The van der Waals surface area contributed by atoms with Crippen LogP contribution in [0.2, 0.25) is 0 Å². The Bertz CT molecular complexity index is 824. The van der Waals surface area contributed by atoms with Gasteiger partial charge in [0.2, 0.25) is 5.91 Å². The van der Waals surface area contributed by atoms with Crippen molar-refractivity contribution in [2.24, 2.45) is 0 Å². The first-order valence-corrected chi connectivity index (χ1v) is 9.01. The van der Waals surface area contributed by atoms with Gasteiger partial charge in [0.15, 0.2) is 5.78 Å². The van der Waals surface area contributed by atoms with E-state index < -0.39 is 5.97 Å². The molecule has 6 heteroatoms. The lowest BCUT2D eigenvalue weighted by Crippen LogP contribution is -2.34. The zero-order valence-corrected chi connectivity index (χ0v) is 16.3. The third-order valence-electron chi connectivity index (χ3n) is 4.64. The monoisotopic (exact) mass is 370 g/mol. The van der Waals surface area contributed by atoms with E-state index in [0.717, 1.165) is 12.0 Å². The summed E-state index contributed by atoms with van der Waals surface area (Å²) in [6, 6.07) is 9.96. The molecule has 0 saturated heterocycles. The Kier molecular flexibility index (Phi) is 6.93. The molecule has 6 nitrogen and oxygen atoms in total. The van der Waals surface area contributed by atoms with Gasteiger partial charge in [-0.3, -0.25) is 9.59 Å². The molecule has 0 unspecified atom stereocenters. The van der Waals surface area contributed by atoms with Crippen molar-refractivity contribution < 1.29 is 19.1 Å². The zero-order chi connectivity index (χ0) is 20.0. The van der Waals surface area contributed by atoms with E-state index in [1.165, 1.54) is 14.0 Å². The number of hydrogen-bond acceptors (Lipinski definition) is 4. The number of nitrogens with zero attached hydrogens (tertiary/aromatic N) is 1. The van der Waals surface area contributed by atoms with Crippen molar-refractivity contribution in [1.82, 2.24) is 9.88 Å². The summed E-state index contributed by atoms with van der Waals surface area (Å²) in [4.78, 5) is 41.4. The van der Waals surface area contributed by atoms with Gasteiger partial charge in [-0.2, -0.15) is 0 Å². The lowest BCUT2D eigenvalue weighted by atomic mass is 10.1. The number of aromatic amines is 1. The molecular formula is C21H26N2O4. The fraction of sp³-hybridized carbons (Fsp3) is 0.381. The average Bonchev–Trinajstić information content (AvgIpc) is 2.98. The van der Waals surface area contributed by atoms with Gasteiger partial charge in [-0.25, -0.2) is 4.79 Å². The minimum Gasteiger partial charge on any atom is -0.465 e. The maximum absolute atomic E-state index is 12.8. The van der Waals surface area contributed by atoms with Gasteiger partial charge in [-0.05, 0) is 31.4 Å². The molecule has 27 heavy (non-hydrogen) atoms. The zero-order valence-electron chi connectivity index (χ0n) is 16.3. The molecule has 2 aromatic rings. The van der Waals surface area contributed by atoms with Crippen LogP contribution in [0.5, 0.6) is 0 Å². The summed E-state index contributed by atoms with van der Waals surface area (Å²) in [6.07, 6.45) is 0.772. The Morgan fingerprint density at radius 3 is 2.37 bits per heavy atom. The Labute approximate surface area is 159 Å². The summed E-state index contributed by atoms with van der Waals surface area (Å²) in [5.41, 5.74) is 2.71.